The highest BCUT2D eigenvalue weighted by atomic mass is 16.2. The van der Waals surface area contributed by atoms with Gasteiger partial charge in [-0.1, -0.05) is 100 Å². The maximum absolute atomic E-state index is 13.0. The van der Waals surface area contributed by atoms with Crippen molar-refractivity contribution in [3.8, 4) is 44.5 Å². The number of anilines is 4. The summed E-state index contributed by atoms with van der Waals surface area (Å²) in [6.07, 6.45) is 8.98. The molecule has 2 aliphatic rings. The summed E-state index contributed by atoms with van der Waals surface area (Å²) in [5, 5.41) is 12.5. The lowest BCUT2D eigenvalue weighted by atomic mass is 10.00. The van der Waals surface area contributed by atoms with Crippen LogP contribution in [0.1, 0.15) is 76.2 Å². The van der Waals surface area contributed by atoms with Crippen LogP contribution in [0.5, 0.6) is 0 Å². The van der Waals surface area contributed by atoms with Crippen molar-refractivity contribution in [2.24, 2.45) is 0 Å². The fraction of sp³-hybridized carbons (Fsp3) is 0.143. The summed E-state index contributed by atoms with van der Waals surface area (Å²) in [7, 11) is 0. The number of para-hydroxylation sites is 4. The Labute approximate surface area is 393 Å². The zero-order valence-electron chi connectivity index (χ0n) is 38.2. The molecule has 0 saturated carbocycles. The van der Waals surface area contributed by atoms with Gasteiger partial charge in [0.15, 0.2) is 0 Å². The Hall–Kier alpha value is -8.64. The van der Waals surface area contributed by atoms with E-state index in [-0.39, 0.29) is 30.0 Å². The van der Waals surface area contributed by atoms with Crippen LogP contribution in [-0.2, 0) is 19.2 Å². The van der Waals surface area contributed by atoms with Crippen molar-refractivity contribution < 1.29 is 19.2 Å². The van der Waals surface area contributed by atoms with Gasteiger partial charge in [0, 0.05) is 115 Å². The number of hydrogen-bond donors (Lipinski definition) is 6. The molecule has 8 bridgehead atoms. The Morgan fingerprint density at radius 1 is 0.353 bits per heavy atom. The molecule has 4 amide bonds. The Balaban J connectivity index is 1.48. The van der Waals surface area contributed by atoms with Gasteiger partial charge in [-0.25, -0.2) is 9.97 Å². The van der Waals surface area contributed by atoms with Crippen molar-refractivity contribution in [1.29, 1.82) is 0 Å². The van der Waals surface area contributed by atoms with E-state index >= 15 is 0 Å². The molecule has 12 heteroatoms. The monoisotopic (exact) mass is 898 g/mol. The molecule has 6 N–H and O–H groups in total. The number of carbonyl (C=O) groups is 4. The predicted octanol–water partition coefficient (Wildman–Crippen LogP) is 12.7. The quantitative estimate of drug-likeness (QED) is 0.0712. The first-order valence-electron chi connectivity index (χ1n) is 22.9. The molecule has 0 spiro atoms. The van der Waals surface area contributed by atoms with Crippen LogP contribution in [-0.4, -0.2) is 43.6 Å². The second-order valence-corrected chi connectivity index (χ2v) is 16.3. The van der Waals surface area contributed by atoms with E-state index in [4.69, 9.17) is 9.97 Å². The Morgan fingerprint density at radius 2 is 0.603 bits per heavy atom. The van der Waals surface area contributed by atoms with Gasteiger partial charge >= 0.3 is 0 Å². The summed E-state index contributed by atoms with van der Waals surface area (Å²) in [6, 6.07) is 38.7. The van der Waals surface area contributed by atoms with Gasteiger partial charge in [0.05, 0.1) is 22.8 Å². The zero-order chi connectivity index (χ0) is 47.3. The highest BCUT2D eigenvalue weighted by molar-refractivity contribution is 6.07. The largest absolute Gasteiger partial charge is 0.354 e. The number of nitrogens with zero attached hydrogens (tertiary/aromatic N) is 2. The van der Waals surface area contributed by atoms with Crippen LogP contribution in [0, 0.1) is 0 Å². The van der Waals surface area contributed by atoms with Gasteiger partial charge in [-0.15, -0.1) is 0 Å². The predicted molar refractivity (Wildman–Crippen MR) is 276 cm³/mol. The second kappa shape index (κ2) is 19.4. The highest BCUT2D eigenvalue weighted by Crippen LogP contribution is 2.43. The number of fused-ring (bicyclic) bond motifs is 8. The molecule has 3 aromatic heterocycles. The topological polar surface area (TPSA) is 174 Å². The summed E-state index contributed by atoms with van der Waals surface area (Å²) in [5.74, 6) is -0.539. The average molecular weight is 899 g/mol. The van der Waals surface area contributed by atoms with Crippen LogP contribution in [0.3, 0.4) is 0 Å². The van der Waals surface area contributed by atoms with Gasteiger partial charge < -0.3 is 31.2 Å². The van der Waals surface area contributed by atoms with Crippen LogP contribution in [0.15, 0.2) is 121 Å². The fourth-order valence-electron chi connectivity index (χ4n) is 8.53. The minimum Gasteiger partial charge on any atom is -0.354 e. The van der Waals surface area contributed by atoms with Crippen LogP contribution >= 0.6 is 0 Å². The molecule has 4 aromatic carbocycles. The lowest BCUT2D eigenvalue weighted by molar-refractivity contribution is -0.116. The lowest BCUT2D eigenvalue weighted by Gasteiger charge is -2.14. The van der Waals surface area contributed by atoms with Crippen LogP contribution in [0.25, 0.3) is 90.9 Å². The molecule has 68 heavy (non-hydrogen) atoms. The molecular formula is C56H50N8O4. The first-order chi connectivity index (χ1) is 33.2. The van der Waals surface area contributed by atoms with Gasteiger partial charge in [0.25, 0.3) is 0 Å². The highest BCUT2D eigenvalue weighted by Gasteiger charge is 2.23. The zero-order valence-corrected chi connectivity index (χ0v) is 38.2. The average Bonchev–Trinajstić information content (AvgIpc) is 4.22. The van der Waals surface area contributed by atoms with Crippen molar-refractivity contribution in [1.82, 2.24) is 19.9 Å². The maximum atomic E-state index is 13.0. The van der Waals surface area contributed by atoms with Crippen molar-refractivity contribution in [3.05, 3.63) is 144 Å². The molecule has 2 aliphatic heterocycles. The molecule has 5 heterocycles. The molecule has 0 radical (unpaired) electrons. The Bertz CT molecular complexity index is 3230. The number of nitrogens with one attached hydrogen (secondary N) is 6. The Morgan fingerprint density at radius 3 is 0.912 bits per heavy atom. The molecule has 9 rings (SSSR count). The maximum Gasteiger partial charge on any atom is 0.224 e. The Kier molecular flexibility index (Phi) is 12.7. The third-order valence-corrected chi connectivity index (χ3v) is 11.9. The van der Waals surface area contributed by atoms with E-state index < -0.39 is 0 Å². The third-order valence-electron chi connectivity index (χ3n) is 11.9. The van der Waals surface area contributed by atoms with E-state index in [1.165, 1.54) is 0 Å². The van der Waals surface area contributed by atoms with Gasteiger partial charge in [0.2, 0.25) is 23.6 Å². The van der Waals surface area contributed by atoms with E-state index in [1.807, 2.05) is 173 Å². The number of rotatable bonds is 12. The van der Waals surface area contributed by atoms with Gasteiger partial charge in [-0.05, 0) is 72.8 Å². The van der Waals surface area contributed by atoms with Gasteiger partial charge in [-0.2, -0.15) is 0 Å². The van der Waals surface area contributed by atoms with E-state index in [0.29, 0.717) is 81.4 Å². The van der Waals surface area contributed by atoms with E-state index in [2.05, 4.69) is 31.2 Å². The molecule has 0 fully saturated rings. The van der Waals surface area contributed by atoms with Gasteiger partial charge in [0.1, 0.15) is 0 Å². The number of carbonyl (C=O) groups excluding carboxylic acids is 4. The minimum absolute atomic E-state index is 0.129. The molecule has 0 unspecified atom stereocenters. The molecule has 0 saturated heterocycles. The van der Waals surface area contributed by atoms with Crippen molar-refractivity contribution in [2.75, 3.05) is 21.3 Å². The summed E-state index contributed by atoms with van der Waals surface area (Å²) < 4.78 is 0. The summed E-state index contributed by atoms with van der Waals surface area (Å²) in [5.41, 5.74) is 13.7. The van der Waals surface area contributed by atoms with E-state index in [9.17, 15) is 19.2 Å². The smallest absolute Gasteiger partial charge is 0.224 e. The number of hydrogen-bond acceptors (Lipinski definition) is 6. The van der Waals surface area contributed by atoms with E-state index in [1.54, 1.807) is 0 Å². The minimum atomic E-state index is -0.141. The third kappa shape index (κ3) is 8.87. The number of H-pyrrole nitrogens is 2. The first kappa shape index (κ1) is 44.6. The standard InChI is InChI=1S/C56H50N8O4/c1-5-49(65)61-37-21-13-9-17-33(37)53-41-25-27-43(57-41)54(34-18-10-14-22-38(34)62-50(66)6-2)45-29-31-47(59-45)56(36-20-12-16-24-40(36)64-52(68)8-4)48-32-30-46(60-48)55(44-28-26-42(53)58-44)35-19-11-15-23-39(35)63-51(67)7-3/h9-32,57-58H,5-8H2,1-4H3,(H,61,65)(H,62,66)(H,63,67)(H,64,68). The molecule has 0 aliphatic carbocycles. The van der Waals surface area contributed by atoms with Crippen molar-refractivity contribution >= 4 is 92.7 Å². The number of benzene rings is 4. The van der Waals surface area contributed by atoms with Crippen LogP contribution in [0.2, 0.25) is 0 Å². The first-order valence-corrected chi connectivity index (χ1v) is 22.9. The number of amides is 4. The molecular weight excluding hydrogens is 849 g/mol. The van der Waals surface area contributed by atoms with Crippen molar-refractivity contribution in [2.45, 2.75) is 53.4 Å². The van der Waals surface area contributed by atoms with Crippen LogP contribution < -0.4 is 21.3 Å². The summed E-state index contributed by atoms with van der Waals surface area (Å²) in [6.45, 7) is 7.26. The summed E-state index contributed by atoms with van der Waals surface area (Å²) >= 11 is 0. The molecule has 12 nitrogen and oxygen atoms in total. The van der Waals surface area contributed by atoms with E-state index in [0.717, 1.165) is 50.0 Å². The van der Waals surface area contributed by atoms with Crippen molar-refractivity contribution in [3.63, 3.8) is 0 Å². The number of aromatic amines is 2. The normalized spacial score (nSPS) is 11.6. The fourth-order valence-corrected chi connectivity index (χ4v) is 8.53. The molecule has 7 aromatic rings. The SMILES string of the molecule is CCC(=O)Nc1ccccc1-c1c2nc(c(-c3ccccc3NC(=O)CC)c3ccc([nH]3)c(-c3ccccc3NC(=O)CC)c3ccc([nH]3)c(-c3ccccc3NC(=O)CC)c3nc1C=C3)C=C2. The summed E-state index contributed by atoms with van der Waals surface area (Å²) in [4.78, 5) is 70.5. The van der Waals surface area contributed by atoms with Crippen LogP contribution in [0.4, 0.5) is 22.7 Å². The lowest BCUT2D eigenvalue weighted by Crippen LogP contribution is -2.10. The second-order valence-electron chi connectivity index (χ2n) is 16.3. The van der Waals surface area contributed by atoms with Gasteiger partial charge in [-0.3, -0.25) is 19.2 Å². The molecule has 0 atom stereocenters. The molecule has 338 valence electrons. The number of aromatic nitrogens is 4.